The SMILES string of the molecule is CN(CC(=O)OCc1ccccc1)c1ccccc1F. The average molecular weight is 273 g/mol. The van der Waals surface area contributed by atoms with Gasteiger partial charge in [-0.2, -0.15) is 0 Å². The van der Waals surface area contributed by atoms with Gasteiger partial charge in [-0.3, -0.25) is 4.79 Å². The Balaban J connectivity index is 1.87. The van der Waals surface area contributed by atoms with E-state index >= 15 is 0 Å². The van der Waals surface area contributed by atoms with Crippen molar-refractivity contribution in [3.8, 4) is 0 Å². The van der Waals surface area contributed by atoms with Crippen molar-refractivity contribution < 1.29 is 13.9 Å². The molecule has 0 N–H and O–H groups in total. The van der Waals surface area contributed by atoms with E-state index in [-0.39, 0.29) is 24.9 Å². The predicted octanol–water partition coefficient (Wildman–Crippen LogP) is 3.01. The molecule has 0 saturated carbocycles. The number of ether oxygens (including phenoxy) is 1. The number of hydrogen-bond acceptors (Lipinski definition) is 3. The zero-order valence-corrected chi connectivity index (χ0v) is 11.3. The van der Waals surface area contributed by atoms with Gasteiger partial charge >= 0.3 is 5.97 Å². The van der Waals surface area contributed by atoms with Crippen molar-refractivity contribution in [2.75, 3.05) is 18.5 Å². The summed E-state index contributed by atoms with van der Waals surface area (Å²) in [7, 11) is 1.65. The third-order valence-corrected chi connectivity index (χ3v) is 2.87. The second-order valence-electron chi connectivity index (χ2n) is 4.45. The average Bonchev–Trinajstić information content (AvgIpc) is 2.46. The fourth-order valence-electron chi connectivity index (χ4n) is 1.82. The highest BCUT2D eigenvalue weighted by molar-refractivity contribution is 5.75. The zero-order valence-electron chi connectivity index (χ0n) is 11.3. The molecule has 0 bridgehead atoms. The van der Waals surface area contributed by atoms with E-state index in [4.69, 9.17) is 4.74 Å². The van der Waals surface area contributed by atoms with Gasteiger partial charge in [0.25, 0.3) is 0 Å². The van der Waals surface area contributed by atoms with Crippen molar-refractivity contribution in [3.63, 3.8) is 0 Å². The number of likely N-dealkylation sites (N-methyl/N-ethyl adjacent to an activating group) is 1. The van der Waals surface area contributed by atoms with E-state index in [9.17, 15) is 9.18 Å². The molecule has 2 rings (SSSR count). The maximum Gasteiger partial charge on any atom is 0.325 e. The number of esters is 1. The minimum atomic E-state index is -0.389. The summed E-state index contributed by atoms with van der Waals surface area (Å²) in [4.78, 5) is 13.3. The summed E-state index contributed by atoms with van der Waals surface area (Å²) >= 11 is 0. The molecular weight excluding hydrogens is 257 g/mol. The monoisotopic (exact) mass is 273 g/mol. The highest BCUT2D eigenvalue weighted by Gasteiger charge is 2.11. The van der Waals surface area contributed by atoms with E-state index < -0.39 is 0 Å². The Morgan fingerprint density at radius 1 is 1.10 bits per heavy atom. The standard InChI is InChI=1S/C16H16FNO2/c1-18(15-10-6-5-9-14(15)17)11-16(19)20-12-13-7-3-2-4-8-13/h2-10H,11-12H2,1H3. The number of nitrogens with zero attached hydrogens (tertiary/aromatic N) is 1. The highest BCUT2D eigenvalue weighted by Crippen LogP contribution is 2.16. The molecule has 0 aromatic heterocycles. The lowest BCUT2D eigenvalue weighted by molar-refractivity contribution is -0.143. The normalized spacial score (nSPS) is 10.1. The van der Waals surface area contributed by atoms with E-state index in [1.165, 1.54) is 11.0 Å². The second-order valence-corrected chi connectivity index (χ2v) is 4.45. The van der Waals surface area contributed by atoms with Crippen LogP contribution >= 0.6 is 0 Å². The first-order valence-corrected chi connectivity index (χ1v) is 6.32. The molecule has 0 aliphatic rings. The van der Waals surface area contributed by atoms with Crippen LogP contribution in [0.3, 0.4) is 0 Å². The molecule has 0 atom stereocenters. The van der Waals surface area contributed by atoms with Crippen molar-refractivity contribution in [3.05, 3.63) is 66.0 Å². The van der Waals surface area contributed by atoms with Crippen molar-refractivity contribution in [1.29, 1.82) is 0 Å². The lowest BCUT2D eigenvalue weighted by Crippen LogP contribution is -2.27. The van der Waals surface area contributed by atoms with Gasteiger partial charge in [-0.1, -0.05) is 42.5 Å². The third-order valence-electron chi connectivity index (χ3n) is 2.87. The zero-order chi connectivity index (χ0) is 14.4. The Kier molecular flexibility index (Phi) is 4.71. The number of anilines is 1. The Hall–Kier alpha value is -2.36. The molecular formula is C16H16FNO2. The molecule has 0 heterocycles. The van der Waals surface area contributed by atoms with Crippen LogP contribution in [0.15, 0.2) is 54.6 Å². The summed E-state index contributed by atoms with van der Waals surface area (Å²) in [5.41, 5.74) is 1.30. The third kappa shape index (κ3) is 3.82. The second kappa shape index (κ2) is 6.70. The number of halogens is 1. The van der Waals surface area contributed by atoms with E-state index in [0.717, 1.165) is 5.56 Å². The van der Waals surface area contributed by atoms with Crippen LogP contribution < -0.4 is 4.90 Å². The van der Waals surface area contributed by atoms with Gasteiger partial charge in [0, 0.05) is 7.05 Å². The molecule has 0 fully saturated rings. The van der Waals surface area contributed by atoms with Crippen LogP contribution in [0, 0.1) is 5.82 Å². The Morgan fingerprint density at radius 3 is 2.45 bits per heavy atom. The topological polar surface area (TPSA) is 29.5 Å². The first-order chi connectivity index (χ1) is 9.66. The van der Waals surface area contributed by atoms with Gasteiger partial charge in [0.1, 0.15) is 19.0 Å². The first kappa shape index (κ1) is 14.1. The first-order valence-electron chi connectivity index (χ1n) is 6.32. The van der Waals surface area contributed by atoms with Crippen LogP contribution in [0.5, 0.6) is 0 Å². The largest absolute Gasteiger partial charge is 0.459 e. The lowest BCUT2D eigenvalue weighted by atomic mass is 10.2. The van der Waals surface area contributed by atoms with Gasteiger partial charge in [0.05, 0.1) is 5.69 Å². The van der Waals surface area contributed by atoms with E-state index in [2.05, 4.69) is 0 Å². The van der Waals surface area contributed by atoms with Gasteiger partial charge in [-0.15, -0.1) is 0 Å². The van der Waals surface area contributed by atoms with Gasteiger partial charge in [-0.05, 0) is 17.7 Å². The minimum absolute atomic E-state index is 0.00771. The van der Waals surface area contributed by atoms with Gasteiger partial charge in [-0.25, -0.2) is 4.39 Å². The summed E-state index contributed by atoms with van der Waals surface area (Å²) in [6.45, 7) is 0.235. The predicted molar refractivity (Wildman–Crippen MR) is 75.9 cm³/mol. The Bertz CT molecular complexity index is 572. The molecule has 0 radical (unpaired) electrons. The van der Waals surface area contributed by atoms with Crippen molar-refractivity contribution >= 4 is 11.7 Å². The number of carbonyl (C=O) groups excluding carboxylic acids is 1. The van der Waals surface area contributed by atoms with Crippen LogP contribution in [0.25, 0.3) is 0 Å². The summed E-state index contributed by atoms with van der Waals surface area (Å²) in [6.07, 6.45) is 0. The maximum absolute atomic E-state index is 13.5. The van der Waals surface area contributed by atoms with Crippen molar-refractivity contribution in [2.24, 2.45) is 0 Å². The molecule has 2 aromatic carbocycles. The fraction of sp³-hybridized carbons (Fsp3) is 0.188. The highest BCUT2D eigenvalue weighted by atomic mass is 19.1. The fourth-order valence-corrected chi connectivity index (χ4v) is 1.82. The van der Waals surface area contributed by atoms with Gasteiger partial charge in [0.2, 0.25) is 0 Å². The summed E-state index contributed by atoms with van der Waals surface area (Å²) in [5, 5.41) is 0. The quantitative estimate of drug-likeness (QED) is 0.784. The molecule has 0 spiro atoms. The molecule has 0 unspecified atom stereocenters. The van der Waals surface area contributed by atoms with Gasteiger partial charge < -0.3 is 9.64 Å². The van der Waals surface area contributed by atoms with E-state index in [1.54, 1.807) is 25.2 Å². The Labute approximate surface area is 117 Å². The number of benzene rings is 2. The summed E-state index contributed by atoms with van der Waals surface area (Å²) in [5.74, 6) is -0.745. The molecule has 4 heteroatoms. The molecule has 20 heavy (non-hydrogen) atoms. The molecule has 104 valence electrons. The van der Waals surface area contributed by atoms with Crippen LogP contribution in [0.2, 0.25) is 0 Å². The van der Waals surface area contributed by atoms with Gasteiger partial charge in [0.15, 0.2) is 0 Å². The number of rotatable bonds is 5. The molecule has 0 amide bonds. The van der Waals surface area contributed by atoms with Crippen LogP contribution in [0.4, 0.5) is 10.1 Å². The van der Waals surface area contributed by atoms with E-state index in [0.29, 0.717) is 5.69 Å². The van der Waals surface area contributed by atoms with Crippen LogP contribution in [-0.4, -0.2) is 19.6 Å². The number of hydrogen-bond donors (Lipinski definition) is 0. The number of para-hydroxylation sites is 1. The maximum atomic E-state index is 13.5. The molecule has 0 aliphatic carbocycles. The van der Waals surface area contributed by atoms with E-state index in [1.807, 2.05) is 30.3 Å². The van der Waals surface area contributed by atoms with Crippen molar-refractivity contribution in [1.82, 2.24) is 0 Å². The lowest BCUT2D eigenvalue weighted by Gasteiger charge is -2.18. The number of carbonyl (C=O) groups is 1. The summed E-state index contributed by atoms with van der Waals surface area (Å²) in [6, 6.07) is 15.8. The molecule has 3 nitrogen and oxygen atoms in total. The molecule has 2 aromatic rings. The summed E-state index contributed by atoms with van der Waals surface area (Å²) < 4.78 is 18.7. The molecule has 0 saturated heterocycles. The van der Waals surface area contributed by atoms with Crippen LogP contribution in [0.1, 0.15) is 5.56 Å². The van der Waals surface area contributed by atoms with Crippen LogP contribution in [-0.2, 0) is 16.1 Å². The van der Waals surface area contributed by atoms with Crippen molar-refractivity contribution in [2.45, 2.75) is 6.61 Å². The smallest absolute Gasteiger partial charge is 0.325 e. The Morgan fingerprint density at radius 2 is 1.75 bits per heavy atom. The molecule has 0 aliphatic heterocycles. The minimum Gasteiger partial charge on any atom is -0.459 e.